The Morgan fingerprint density at radius 2 is 1.96 bits per heavy atom. The van der Waals surface area contributed by atoms with Crippen LogP contribution in [-0.2, 0) is 16.1 Å². The van der Waals surface area contributed by atoms with Gasteiger partial charge >= 0.3 is 0 Å². The summed E-state index contributed by atoms with van der Waals surface area (Å²) in [7, 11) is 1.98. The predicted octanol–water partition coefficient (Wildman–Crippen LogP) is 2.24. The molecule has 1 aliphatic carbocycles. The zero-order chi connectivity index (χ0) is 18.1. The Hall–Kier alpha value is -2.11. The third kappa shape index (κ3) is 6.72. The first-order chi connectivity index (χ1) is 12.1. The maximum Gasteiger partial charge on any atom is 0.239 e. The van der Waals surface area contributed by atoms with Crippen LogP contribution in [0.15, 0.2) is 18.3 Å². The summed E-state index contributed by atoms with van der Waals surface area (Å²) in [4.78, 5) is 30.2. The van der Waals surface area contributed by atoms with Crippen LogP contribution in [0.25, 0.3) is 0 Å². The molecule has 2 rings (SSSR count). The SMILES string of the molecule is CCN(C)c1cc(CNC(=O)CNC(=O)CC2CCCCC2)ccn1. The molecule has 1 saturated carbocycles. The lowest BCUT2D eigenvalue weighted by molar-refractivity contribution is -0.126. The van der Waals surface area contributed by atoms with Crippen molar-refractivity contribution < 1.29 is 9.59 Å². The smallest absolute Gasteiger partial charge is 0.239 e. The van der Waals surface area contributed by atoms with Gasteiger partial charge in [-0.3, -0.25) is 9.59 Å². The highest BCUT2D eigenvalue weighted by Gasteiger charge is 2.17. The average molecular weight is 346 g/mol. The normalized spacial score (nSPS) is 14.8. The van der Waals surface area contributed by atoms with Crippen molar-refractivity contribution >= 4 is 17.6 Å². The van der Waals surface area contributed by atoms with E-state index in [0.29, 0.717) is 18.9 Å². The number of anilines is 1. The second-order valence-corrected chi connectivity index (χ2v) is 6.80. The molecule has 1 aromatic rings. The lowest BCUT2D eigenvalue weighted by Gasteiger charge is -2.20. The number of nitrogens with zero attached hydrogens (tertiary/aromatic N) is 2. The van der Waals surface area contributed by atoms with Crippen LogP contribution >= 0.6 is 0 Å². The van der Waals surface area contributed by atoms with Crippen molar-refractivity contribution in [2.75, 3.05) is 25.0 Å². The van der Waals surface area contributed by atoms with E-state index in [1.54, 1.807) is 6.20 Å². The van der Waals surface area contributed by atoms with Crippen LogP contribution in [0.3, 0.4) is 0 Å². The summed E-state index contributed by atoms with van der Waals surface area (Å²) < 4.78 is 0. The molecule has 0 aliphatic heterocycles. The summed E-state index contributed by atoms with van der Waals surface area (Å²) in [6.45, 7) is 3.41. The van der Waals surface area contributed by atoms with Crippen LogP contribution in [0.2, 0.25) is 0 Å². The first kappa shape index (κ1) is 19.2. The lowest BCUT2D eigenvalue weighted by Crippen LogP contribution is -2.37. The summed E-state index contributed by atoms with van der Waals surface area (Å²) in [5.74, 6) is 1.19. The number of carbonyl (C=O) groups excluding carboxylic acids is 2. The molecule has 25 heavy (non-hydrogen) atoms. The molecular weight excluding hydrogens is 316 g/mol. The molecule has 6 heteroatoms. The van der Waals surface area contributed by atoms with Crippen molar-refractivity contribution in [3.05, 3.63) is 23.9 Å². The minimum absolute atomic E-state index is 0.0159. The Kier molecular flexibility index (Phi) is 7.70. The van der Waals surface area contributed by atoms with Crippen LogP contribution in [0.5, 0.6) is 0 Å². The molecule has 138 valence electrons. The van der Waals surface area contributed by atoms with E-state index in [1.807, 2.05) is 24.1 Å². The number of rotatable bonds is 8. The summed E-state index contributed by atoms with van der Waals surface area (Å²) in [6, 6.07) is 3.85. The lowest BCUT2D eigenvalue weighted by atomic mass is 9.87. The molecule has 0 unspecified atom stereocenters. The van der Waals surface area contributed by atoms with E-state index >= 15 is 0 Å². The Labute approximate surface area is 150 Å². The van der Waals surface area contributed by atoms with E-state index in [-0.39, 0.29) is 18.4 Å². The van der Waals surface area contributed by atoms with Gasteiger partial charge in [0, 0.05) is 32.8 Å². The third-order valence-corrected chi connectivity index (χ3v) is 4.81. The topological polar surface area (TPSA) is 74.3 Å². The summed E-state index contributed by atoms with van der Waals surface area (Å²) in [5.41, 5.74) is 0.993. The Bertz CT molecular complexity index is 570. The Morgan fingerprint density at radius 3 is 2.68 bits per heavy atom. The molecule has 6 nitrogen and oxygen atoms in total. The maximum atomic E-state index is 11.9. The number of hydrogen-bond acceptors (Lipinski definition) is 4. The quantitative estimate of drug-likeness (QED) is 0.757. The second-order valence-electron chi connectivity index (χ2n) is 6.80. The molecule has 0 atom stereocenters. The summed E-state index contributed by atoms with van der Waals surface area (Å²) >= 11 is 0. The molecule has 0 spiro atoms. The fourth-order valence-corrected chi connectivity index (χ4v) is 3.11. The van der Waals surface area contributed by atoms with Gasteiger partial charge in [-0.2, -0.15) is 0 Å². The molecule has 2 N–H and O–H groups in total. The predicted molar refractivity (Wildman–Crippen MR) is 99.2 cm³/mol. The number of carbonyl (C=O) groups is 2. The van der Waals surface area contributed by atoms with E-state index in [9.17, 15) is 9.59 Å². The molecule has 2 amide bonds. The first-order valence-corrected chi connectivity index (χ1v) is 9.28. The summed E-state index contributed by atoms with van der Waals surface area (Å²) in [6.07, 6.45) is 8.29. The molecule has 0 bridgehead atoms. The van der Waals surface area contributed by atoms with E-state index < -0.39 is 0 Å². The van der Waals surface area contributed by atoms with Crippen LogP contribution < -0.4 is 15.5 Å². The van der Waals surface area contributed by atoms with Crippen molar-refractivity contribution in [3.63, 3.8) is 0 Å². The zero-order valence-electron chi connectivity index (χ0n) is 15.4. The highest BCUT2D eigenvalue weighted by Crippen LogP contribution is 2.25. The molecule has 1 aromatic heterocycles. The van der Waals surface area contributed by atoms with Crippen molar-refractivity contribution in [1.82, 2.24) is 15.6 Å². The maximum absolute atomic E-state index is 11.9. The molecule has 0 radical (unpaired) electrons. The third-order valence-electron chi connectivity index (χ3n) is 4.81. The fraction of sp³-hybridized carbons (Fsp3) is 0.632. The van der Waals surface area contributed by atoms with Crippen LogP contribution in [0.1, 0.15) is 51.0 Å². The first-order valence-electron chi connectivity index (χ1n) is 9.28. The van der Waals surface area contributed by atoms with Gasteiger partial charge in [-0.25, -0.2) is 4.98 Å². The van der Waals surface area contributed by atoms with Gasteiger partial charge in [0.05, 0.1) is 6.54 Å². The van der Waals surface area contributed by atoms with Gasteiger partial charge in [0.15, 0.2) is 0 Å². The van der Waals surface area contributed by atoms with Crippen LogP contribution in [0.4, 0.5) is 5.82 Å². The fourth-order valence-electron chi connectivity index (χ4n) is 3.11. The molecular formula is C19H30N4O2. The average Bonchev–Trinajstić information content (AvgIpc) is 2.65. The van der Waals surface area contributed by atoms with Crippen LogP contribution in [0, 0.1) is 5.92 Å². The van der Waals surface area contributed by atoms with Gasteiger partial charge in [0.2, 0.25) is 11.8 Å². The van der Waals surface area contributed by atoms with E-state index in [1.165, 1.54) is 19.3 Å². The summed E-state index contributed by atoms with van der Waals surface area (Å²) in [5, 5.41) is 5.58. The Balaban J connectivity index is 1.69. The van der Waals surface area contributed by atoms with Crippen LogP contribution in [-0.4, -0.2) is 36.9 Å². The number of amides is 2. The molecule has 1 aliphatic rings. The van der Waals surface area contributed by atoms with Gasteiger partial charge in [-0.1, -0.05) is 19.3 Å². The van der Waals surface area contributed by atoms with Crippen molar-refractivity contribution in [2.45, 2.75) is 52.0 Å². The minimum atomic E-state index is -0.167. The highest BCUT2D eigenvalue weighted by molar-refractivity contribution is 5.84. The van der Waals surface area contributed by atoms with Crippen molar-refractivity contribution in [1.29, 1.82) is 0 Å². The second kappa shape index (κ2) is 10.0. The standard InChI is InChI=1S/C19H30N4O2/c1-3-23(2)17-11-16(9-10-20-17)13-21-19(25)14-22-18(24)12-15-7-5-4-6-8-15/h9-11,15H,3-8,12-14H2,1-2H3,(H,21,25)(H,22,24). The number of hydrogen-bond donors (Lipinski definition) is 2. The highest BCUT2D eigenvalue weighted by atomic mass is 16.2. The van der Waals surface area contributed by atoms with E-state index in [4.69, 9.17) is 0 Å². The van der Waals surface area contributed by atoms with E-state index in [2.05, 4.69) is 22.5 Å². The minimum Gasteiger partial charge on any atom is -0.360 e. The van der Waals surface area contributed by atoms with Gasteiger partial charge in [0.1, 0.15) is 5.82 Å². The zero-order valence-corrected chi connectivity index (χ0v) is 15.4. The van der Waals surface area contributed by atoms with Gasteiger partial charge in [0.25, 0.3) is 0 Å². The molecule has 1 fully saturated rings. The Morgan fingerprint density at radius 1 is 1.20 bits per heavy atom. The number of pyridine rings is 1. The largest absolute Gasteiger partial charge is 0.360 e. The number of nitrogens with one attached hydrogen (secondary N) is 2. The number of aromatic nitrogens is 1. The molecule has 1 heterocycles. The molecule has 0 saturated heterocycles. The van der Waals surface area contributed by atoms with Gasteiger partial charge in [-0.15, -0.1) is 0 Å². The van der Waals surface area contributed by atoms with Gasteiger partial charge < -0.3 is 15.5 Å². The van der Waals surface area contributed by atoms with E-state index in [0.717, 1.165) is 30.8 Å². The van der Waals surface area contributed by atoms with Crippen molar-refractivity contribution in [3.8, 4) is 0 Å². The van der Waals surface area contributed by atoms with Crippen molar-refractivity contribution in [2.24, 2.45) is 5.92 Å². The molecule has 0 aromatic carbocycles. The monoisotopic (exact) mass is 346 g/mol. The van der Waals surface area contributed by atoms with Gasteiger partial charge in [-0.05, 0) is 43.4 Å².